The summed E-state index contributed by atoms with van der Waals surface area (Å²) in [6.45, 7) is 3.54. The molecule has 2 aromatic rings. The number of hydrogen-bond donors (Lipinski definition) is 1. The summed E-state index contributed by atoms with van der Waals surface area (Å²) in [4.78, 5) is 11.2. The molecule has 0 radical (unpaired) electrons. The fourth-order valence-corrected chi connectivity index (χ4v) is 2.19. The Balaban J connectivity index is 2.19. The monoisotopic (exact) mass is 338 g/mol. The molecule has 0 aliphatic carbocycles. The van der Waals surface area contributed by atoms with Gasteiger partial charge in [-0.2, -0.15) is 0 Å². The first kappa shape index (κ1) is 14.6. The van der Waals surface area contributed by atoms with Crippen LogP contribution in [0, 0.1) is 5.41 Å². The molecule has 0 spiro atoms. The Labute approximate surface area is 124 Å². The van der Waals surface area contributed by atoms with Gasteiger partial charge in [0.1, 0.15) is 0 Å². The number of aromatic nitrogens is 4. The Hall–Kier alpha value is -1.76. The van der Waals surface area contributed by atoms with Crippen LogP contribution >= 0.6 is 15.9 Å². The molecule has 7 heteroatoms. The van der Waals surface area contributed by atoms with Crippen molar-refractivity contribution in [2.75, 3.05) is 0 Å². The van der Waals surface area contributed by atoms with Gasteiger partial charge in [-0.3, -0.25) is 4.79 Å². The molecule has 0 atom stereocenters. The number of carboxylic acid groups (broad SMARTS) is 1. The van der Waals surface area contributed by atoms with Gasteiger partial charge in [-0.05, 0) is 42.0 Å². The van der Waals surface area contributed by atoms with Gasteiger partial charge in [0, 0.05) is 10.9 Å². The maximum Gasteiger partial charge on any atom is 0.310 e. The quantitative estimate of drug-likeness (QED) is 0.903. The van der Waals surface area contributed by atoms with Crippen molar-refractivity contribution in [1.82, 2.24) is 20.2 Å². The molecule has 0 aliphatic heterocycles. The van der Waals surface area contributed by atoms with Crippen molar-refractivity contribution in [2.24, 2.45) is 5.41 Å². The lowest BCUT2D eigenvalue weighted by atomic mass is 9.94. The minimum absolute atomic E-state index is 0.235. The van der Waals surface area contributed by atoms with Gasteiger partial charge >= 0.3 is 5.97 Å². The second kappa shape index (κ2) is 5.70. The highest BCUT2D eigenvalue weighted by atomic mass is 79.9. The van der Waals surface area contributed by atoms with Crippen LogP contribution in [0.3, 0.4) is 0 Å². The lowest BCUT2D eigenvalue weighted by Gasteiger charge is -2.19. The van der Waals surface area contributed by atoms with E-state index in [1.165, 1.54) is 0 Å². The molecule has 1 aromatic heterocycles. The summed E-state index contributed by atoms with van der Waals surface area (Å²) in [7, 11) is 0. The van der Waals surface area contributed by atoms with Crippen molar-refractivity contribution >= 4 is 21.9 Å². The van der Waals surface area contributed by atoms with Crippen LogP contribution in [0.4, 0.5) is 0 Å². The zero-order chi connectivity index (χ0) is 14.8. The predicted molar refractivity (Wildman–Crippen MR) is 76.2 cm³/mol. The van der Waals surface area contributed by atoms with Crippen LogP contribution in [0.15, 0.2) is 28.7 Å². The van der Waals surface area contributed by atoms with Crippen LogP contribution in [-0.2, 0) is 17.8 Å². The summed E-state index contributed by atoms with van der Waals surface area (Å²) < 4.78 is 2.54. The predicted octanol–water partition coefficient (Wildman–Crippen LogP) is 2.14. The van der Waals surface area contributed by atoms with Gasteiger partial charge in [0.05, 0.1) is 12.0 Å². The lowest BCUT2D eigenvalue weighted by molar-refractivity contribution is -0.147. The Morgan fingerprint density at radius 2 is 2.20 bits per heavy atom. The number of halogens is 1. The molecule has 0 aliphatic rings. The standard InChI is InChI=1S/C13H15BrN4O2/c1-13(2,12(19)20)8-18-11(15-16-17-18)7-9-4-3-5-10(14)6-9/h3-6H,7-8H2,1-2H3,(H,19,20). The van der Waals surface area contributed by atoms with E-state index in [1.807, 2.05) is 24.3 Å². The van der Waals surface area contributed by atoms with Gasteiger partial charge in [0.15, 0.2) is 5.82 Å². The second-order valence-electron chi connectivity index (χ2n) is 5.25. The van der Waals surface area contributed by atoms with Crippen molar-refractivity contribution in [3.63, 3.8) is 0 Å². The van der Waals surface area contributed by atoms with Crippen LogP contribution in [0.5, 0.6) is 0 Å². The molecule has 1 N–H and O–H groups in total. The van der Waals surface area contributed by atoms with Gasteiger partial charge in [-0.25, -0.2) is 4.68 Å². The first-order valence-corrected chi connectivity index (χ1v) is 6.91. The fraction of sp³-hybridized carbons (Fsp3) is 0.385. The molecule has 0 saturated heterocycles. The molecule has 0 unspecified atom stereocenters. The number of carboxylic acids is 1. The third kappa shape index (κ3) is 3.41. The van der Waals surface area contributed by atoms with Crippen LogP contribution in [0.1, 0.15) is 25.2 Å². The Morgan fingerprint density at radius 3 is 2.85 bits per heavy atom. The molecular weight excluding hydrogens is 324 g/mol. The Kier molecular flexibility index (Phi) is 4.17. The molecule has 6 nitrogen and oxygen atoms in total. The highest BCUT2D eigenvalue weighted by Gasteiger charge is 2.29. The van der Waals surface area contributed by atoms with Crippen molar-refractivity contribution in [3.05, 3.63) is 40.1 Å². The topological polar surface area (TPSA) is 80.9 Å². The van der Waals surface area contributed by atoms with Gasteiger partial charge in [-0.15, -0.1) is 5.10 Å². The zero-order valence-corrected chi connectivity index (χ0v) is 12.8. The van der Waals surface area contributed by atoms with E-state index in [-0.39, 0.29) is 6.54 Å². The molecule has 2 rings (SSSR count). The van der Waals surface area contributed by atoms with Gasteiger partial charge in [-0.1, -0.05) is 28.1 Å². The molecular formula is C13H15BrN4O2. The number of aliphatic carboxylic acids is 1. The van der Waals surface area contributed by atoms with E-state index in [0.717, 1.165) is 10.0 Å². The van der Waals surface area contributed by atoms with Gasteiger partial charge < -0.3 is 5.11 Å². The van der Waals surface area contributed by atoms with Crippen molar-refractivity contribution < 1.29 is 9.90 Å². The molecule has 106 valence electrons. The Morgan fingerprint density at radius 1 is 1.45 bits per heavy atom. The first-order chi connectivity index (χ1) is 9.38. The summed E-state index contributed by atoms with van der Waals surface area (Å²) in [5, 5.41) is 20.7. The van der Waals surface area contributed by atoms with Crippen LogP contribution in [0.2, 0.25) is 0 Å². The second-order valence-corrected chi connectivity index (χ2v) is 6.16. The summed E-state index contributed by atoms with van der Waals surface area (Å²) in [5.74, 6) is -0.223. The molecule has 0 fully saturated rings. The van der Waals surface area contributed by atoms with Gasteiger partial charge in [0.2, 0.25) is 0 Å². The SMILES string of the molecule is CC(C)(Cn1nnnc1Cc1cccc(Br)c1)C(=O)O. The van der Waals surface area contributed by atoms with Crippen LogP contribution in [0.25, 0.3) is 0 Å². The number of benzene rings is 1. The zero-order valence-electron chi connectivity index (χ0n) is 11.2. The van der Waals surface area contributed by atoms with E-state index in [9.17, 15) is 4.79 Å². The highest BCUT2D eigenvalue weighted by molar-refractivity contribution is 9.10. The smallest absolute Gasteiger partial charge is 0.310 e. The molecule has 1 aromatic carbocycles. The highest BCUT2D eigenvalue weighted by Crippen LogP contribution is 2.19. The summed E-state index contributed by atoms with van der Waals surface area (Å²) >= 11 is 3.42. The van der Waals surface area contributed by atoms with Crippen molar-refractivity contribution in [3.8, 4) is 0 Å². The van der Waals surface area contributed by atoms with E-state index in [2.05, 4.69) is 31.5 Å². The van der Waals surface area contributed by atoms with E-state index in [4.69, 9.17) is 5.11 Å². The molecule has 0 amide bonds. The Bertz CT molecular complexity index is 624. The molecule has 20 heavy (non-hydrogen) atoms. The molecule has 0 bridgehead atoms. The maximum absolute atomic E-state index is 11.2. The first-order valence-electron chi connectivity index (χ1n) is 6.11. The van der Waals surface area contributed by atoms with Crippen molar-refractivity contribution in [2.45, 2.75) is 26.8 Å². The number of carbonyl (C=O) groups is 1. The number of tetrazole rings is 1. The minimum atomic E-state index is -0.915. The largest absolute Gasteiger partial charge is 0.481 e. The summed E-state index contributed by atoms with van der Waals surface area (Å²) in [6, 6.07) is 7.85. The minimum Gasteiger partial charge on any atom is -0.481 e. The van der Waals surface area contributed by atoms with E-state index < -0.39 is 11.4 Å². The number of hydrogen-bond acceptors (Lipinski definition) is 4. The average molecular weight is 339 g/mol. The summed E-state index contributed by atoms with van der Waals surface area (Å²) in [6.07, 6.45) is 0.558. The molecule has 1 heterocycles. The maximum atomic E-state index is 11.2. The third-order valence-electron chi connectivity index (χ3n) is 2.98. The van der Waals surface area contributed by atoms with Crippen molar-refractivity contribution in [1.29, 1.82) is 0 Å². The van der Waals surface area contributed by atoms with E-state index in [0.29, 0.717) is 12.2 Å². The lowest BCUT2D eigenvalue weighted by Crippen LogP contribution is -2.30. The number of rotatable bonds is 5. The average Bonchev–Trinajstić information content (AvgIpc) is 2.75. The fourth-order valence-electron chi connectivity index (χ4n) is 1.74. The van der Waals surface area contributed by atoms with E-state index in [1.54, 1.807) is 18.5 Å². The normalized spacial score (nSPS) is 11.6. The van der Waals surface area contributed by atoms with E-state index >= 15 is 0 Å². The van der Waals surface area contributed by atoms with Gasteiger partial charge in [0.25, 0.3) is 0 Å². The summed E-state index contributed by atoms with van der Waals surface area (Å²) in [5.41, 5.74) is 0.144. The number of nitrogens with zero attached hydrogens (tertiary/aromatic N) is 4. The molecule has 0 saturated carbocycles. The third-order valence-corrected chi connectivity index (χ3v) is 3.47. The van der Waals surface area contributed by atoms with Crippen LogP contribution < -0.4 is 0 Å². The van der Waals surface area contributed by atoms with Crippen LogP contribution in [-0.4, -0.2) is 31.3 Å².